The molecule has 0 radical (unpaired) electrons. The second kappa shape index (κ2) is 6.03. The average Bonchev–Trinajstić information content (AvgIpc) is 2.23. The molecular weight excluding hydrogens is 327 g/mol. The van der Waals surface area contributed by atoms with Crippen LogP contribution in [0.4, 0.5) is 18.0 Å². The molecule has 1 amide bonds. The molecule has 1 N–H and O–H groups in total. The van der Waals surface area contributed by atoms with E-state index in [9.17, 15) is 26.4 Å². The molecule has 0 fully saturated rings. The van der Waals surface area contributed by atoms with Gasteiger partial charge < -0.3 is 9.47 Å². The number of hydrogen-bond acceptors (Lipinski definition) is 5. The highest BCUT2D eigenvalue weighted by Crippen LogP contribution is 2.23. The summed E-state index contributed by atoms with van der Waals surface area (Å²) in [7, 11) is -4.25. The lowest BCUT2D eigenvalue weighted by Gasteiger charge is -2.19. The van der Waals surface area contributed by atoms with Crippen LogP contribution < -0.4 is 9.46 Å². The summed E-state index contributed by atoms with van der Waals surface area (Å²) in [6.45, 7) is 4.63. The molecular formula is C12H14F3NO5S. The Morgan fingerprint density at radius 1 is 1.09 bits per heavy atom. The Morgan fingerprint density at radius 2 is 1.59 bits per heavy atom. The van der Waals surface area contributed by atoms with E-state index in [1.807, 2.05) is 0 Å². The van der Waals surface area contributed by atoms with E-state index in [0.29, 0.717) is 0 Å². The van der Waals surface area contributed by atoms with E-state index >= 15 is 0 Å². The third-order valence-corrected chi connectivity index (χ3v) is 3.31. The van der Waals surface area contributed by atoms with E-state index in [2.05, 4.69) is 4.74 Å². The monoisotopic (exact) mass is 341 g/mol. The minimum absolute atomic E-state index is 0.409. The SMILES string of the molecule is CC(C)(C)OC(=O)NS(=O)(=O)c1ccc(OC(F)(F)F)cc1. The number of amides is 1. The van der Waals surface area contributed by atoms with Gasteiger partial charge in [-0.05, 0) is 45.0 Å². The topological polar surface area (TPSA) is 81.7 Å². The predicted molar refractivity (Wildman–Crippen MR) is 69.7 cm³/mol. The van der Waals surface area contributed by atoms with Gasteiger partial charge in [-0.25, -0.2) is 17.9 Å². The summed E-state index contributed by atoms with van der Waals surface area (Å²) in [5.41, 5.74) is -0.899. The van der Waals surface area contributed by atoms with Gasteiger partial charge in [0.05, 0.1) is 4.90 Å². The Bertz CT molecular complexity index is 632. The first-order chi connectivity index (χ1) is 9.78. The molecule has 0 aliphatic carbocycles. The van der Waals surface area contributed by atoms with Crippen LogP contribution in [0.5, 0.6) is 5.75 Å². The van der Waals surface area contributed by atoms with E-state index in [1.54, 1.807) is 25.5 Å². The molecule has 0 spiro atoms. The Morgan fingerprint density at radius 3 is 2.00 bits per heavy atom. The highest BCUT2D eigenvalue weighted by Gasteiger charge is 2.31. The Balaban J connectivity index is 2.84. The van der Waals surface area contributed by atoms with Crippen molar-refractivity contribution in [3.63, 3.8) is 0 Å². The molecule has 0 saturated heterocycles. The zero-order valence-electron chi connectivity index (χ0n) is 11.9. The number of rotatable bonds is 3. The second-order valence-corrected chi connectivity index (χ2v) is 6.81. The molecule has 0 aromatic heterocycles. The molecule has 1 aromatic rings. The number of hydrogen-bond donors (Lipinski definition) is 1. The summed E-state index contributed by atoms with van der Waals surface area (Å²) < 4.78 is 69.7. The van der Waals surface area contributed by atoms with Crippen LogP contribution in [0.3, 0.4) is 0 Å². The van der Waals surface area contributed by atoms with Crippen LogP contribution in [0.15, 0.2) is 29.2 Å². The predicted octanol–water partition coefficient (Wildman–Crippen LogP) is 2.80. The van der Waals surface area contributed by atoms with Gasteiger partial charge in [0, 0.05) is 0 Å². The van der Waals surface area contributed by atoms with Crippen molar-refractivity contribution < 1.29 is 35.9 Å². The molecule has 22 heavy (non-hydrogen) atoms. The van der Waals surface area contributed by atoms with Gasteiger partial charge in [0.25, 0.3) is 10.0 Å². The molecule has 10 heteroatoms. The van der Waals surface area contributed by atoms with Gasteiger partial charge in [-0.3, -0.25) is 0 Å². The number of carbonyl (C=O) groups is 1. The molecule has 0 heterocycles. The summed E-state index contributed by atoms with van der Waals surface area (Å²) in [5, 5.41) is 0. The smallest absolute Gasteiger partial charge is 0.443 e. The first kappa shape index (κ1) is 18.1. The first-order valence-corrected chi connectivity index (χ1v) is 7.38. The summed E-state index contributed by atoms with van der Waals surface area (Å²) in [6.07, 6.45) is -6.07. The largest absolute Gasteiger partial charge is 0.573 e. The molecule has 1 aromatic carbocycles. The third kappa shape index (κ3) is 6.20. The third-order valence-electron chi connectivity index (χ3n) is 1.98. The van der Waals surface area contributed by atoms with Gasteiger partial charge in [0.15, 0.2) is 0 Å². The molecule has 0 aliphatic heterocycles. The molecule has 124 valence electrons. The maximum Gasteiger partial charge on any atom is 0.573 e. The Hall–Kier alpha value is -1.97. The van der Waals surface area contributed by atoms with Gasteiger partial charge in [-0.15, -0.1) is 13.2 Å². The van der Waals surface area contributed by atoms with Crippen molar-refractivity contribution in [2.24, 2.45) is 0 Å². The quantitative estimate of drug-likeness (QED) is 0.914. The summed E-state index contributed by atoms with van der Waals surface area (Å²) in [4.78, 5) is 11.0. The lowest BCUT2D eigenvalue weighted by Crippen LogP contribution is -2.36. The van der Waals surface area contributed by atoms with Crippen molar-refractivity contribution >= 4 is 16.1 Å². The molecule has 0 aliphatic rings. The lowest BCUT2D eigenvalue weighted by molar-refractivity contribution is -0.274. The van der Waals surface area contributed by atoms with Crippen molar-refractivity contribution in [1.29, 1.82) is 0 Å². The Labute approximate surface area is 125 Å². The number of alkyl halides is 3. The van der Waals surface area contributed by atoms with E-state index in [4.69, 9.17) is 4.74 Å². The van der Waals surface area contributed by atoms with E-state index in [1.165, 1.54) is 0 Å². The number of nitrogens with one attached hydrogen (secondary N) is 1. The van der Waals surface area contributed by atoms with Gasteiger partial charge in [0.2, 0.25) is 0 Å². The average molecular weight is 341 g/mol. The maximum atomic E-state index is 12.0. The first-order valence-electron chi connectivity index (χ1n) is 5.90. The summed E-state index contributed by atoms with van der Waals surface area (Å²) >= 11 is 0. The van der Waals surface area contributed by atoms with Crippen molar-refractivity contribution in [2.75, 3.05) is 0 Å². The van der Waals surface area contributed by atoms with E-state index in [0.717, 1.165) is 24.3 Å². The Kier molecular flexibility index (Phi) is 4.96. The van der Waals surface area contributed by atoms with E-state index in [-0.39, 0.29) is 0 Å². The zero-order chi connectivity index (χ0) is 17.2. The fraction of sp³-hybridized carbons (Fsp3) is 0.417. The van der Waals surface area contributed by atoms with Gasteiger partial charge >= 0.3 is 12.5 Å². The van der Waals surface area contributed by atoms with Crippen molar-refractivity contribution in [3.8, 4) is 5.75 Å². The van der Waals surface area contributed by atoms with Crippen LogP contribution in [0.25, 0.3) is 0 Å². The molecule has 6 nitrogen and oxygen atoms in total. The van der Waals surface area contributed by atoms with Crippen LogP contribution in [0.1, 0.15) is 20.8 Å². The van der Waals surface area contributed by atoms with Crippen LogP contribution in [0.2, 0.25) is 0 Å². The minimum Gasteiger partial charge on any atom is -0.443 e. The molecule has 0 unspecified atom stereocenters. The number of halogens is 3. The molecule has 0 atom stereocenters. The van der Waals surface area contributed by atoms with Crippen molar-refractivity contribution in [1.82, 2.24) is 4.72 Å². The van der Waals surface area contributed by atoms with Crippen molar-refractivity contribution in [2.45, 2.75) is 37.6 Å². The fourth-order valence-electron chi connectivity index (χ4n) is 1.29. The van der Waals surface area contributed by atoms with Gasteiger partial charge in [-0.2, -0.15) is 0 Å². The second-order valence-electron chi connectivity index (χ2n) is 5.13. The summed E-state index contributed by atoms with van der Waals surface area (Å²) in [6, 6.07) is 3.37. The number of carbonyl (C=O) groups excluding carboxylic acids is 1. The van der Waals surface area contributed by atoms with Crippen LogP contribution in [0, 0.1) is 0 Å². The van der Waals surface area contributed by atoms with Crippen molar-refractivity contribution in [3.05, 3.63) is 24.3 Å². The van der Waals surface area contributed by atoms with Crippen LogP contribution in [-0.2, 0) is 14.8 Å². The van der Waals surface area contributed by atoms with Gasteiger partial charge in [-0.1, -0.05) is 0 Å². The van der Waals surface area contributed by atoms with Crippen LogP contribution in [-0.4, -0.2) is 26.5 Å². The fourth-order valence-corrected chi connectivity index (χ4v) is 2.16. The molecule has 0 saturated carbocycles. The van der Waals surface area contributed by atoms with E-state index < -0.39 is 38.7 Å². The lowest BCUT2D eigenvalue weighted by atomic mass is 10.2. The highest BCUT2D eigenvalue weighted by molar-refractivity contribution is 7.90. The number of ether oxygens (including phenoxy) is 2. The maximum absolute atomic E-state index is 12.0. The number of sulfonamides is 1. The standard InChI is InChI=1S/C12H14F3NO5S/c1-11(2,3)21-10(17)16-22(18,19)9-6-4-8(5-7-9)20-12(13,14)15/h4-7H,1-3H3,(H,16,17). The molecule has 1 rings (SSSR count). The number of benzene rings is 1. The minimum atomic E-state index is -4.88. The van der Waals surface area contributed by atoms with Crippen LogP contribution >= 0.6 is 0 Å². The normalized spacial score (nSPS) is 12.6. The summed E-state index contributed by atoms with van der Waals surface area (Å²) in [5.74, 6) is -0.580. The highest BCUT2D eigenvalue weighted by atomic mass is 32.2. The zero-order valence-corrected chi connectivity index (χ0v) is 12.7. The van der Waals surface area contributed by atoms with Gasteiger partial charge in [0.1, 0.15) is 11.4 Å². The molecule has 0 bridgehead atoms.